The lowest BCUT2D eigenvalue weighted by atomic mass is 10.1. The molecule has 8 nitrogen and oxygen atoms in total. The summed E-state index contributed by atoms with van der Waals surface area (Å²) in [5.41, 5.74) is 1.70. The maximum absolute atomic E-state index is 11.8. The van der Waals surface area contributed by atoms with Crippen LogP contribution in [0.5, 0.6) is 5.75 Å². The van der Waals surface area contributed by atoms with E-state index in [1.807, 2.05) is 37.3 Å². The van der Waals surface area contributed by atoms with Crippen LogP contribution >= 0.6 is 0 Å². The number of para-hydroxylation sites is 1. The van der Waals surface area contributed by atoms with Gasteiger partial charge in [0.25, 0.3) is 5.91 Å². The lowest BCUT2D eigenvalue weighted by molar-refractivity contribution is -0.122. The maximum atomic E-state index is 11.8. The van der Waals surface area contributed by atoms with E-state index in [1.165, 1.54) is 0 Å². The van der Waals surface area contributed by atoms with E-state index in [9.17, 15) is 14.4 Å². The maximum Gasteiger partial charge on any atom is 0.322 e. The molecule has 1 aromatic carbocycles. The SMILES string of the molecule is Cc1ccc2cccc(OCCNC(=O)CCC3NC(=O)NC3=O)c2n1. The fourth-order valence-electron chi connectivity index (χ4n) is 2.71. The Morgan fingerprint density at radius 3 is 2.88 bits per heavy atom. The molecule has 3 rings (SSSR count). The molecule has 3 N–H and O–H groups in total. The fourth-order valence-corrected chi connectivity index (χ4v) is 2.71. The number of aromatic nitrogens is 1. The first-order valence-electron chi connectivity index (χ1n) is 8.40. The molecule has 136 valence electrons. The van der Waals surface area contributed by atoms with Gasteiger partial charge in [-0.05, 0) is 25.5 Å². The molecule has 1 saturated heterocycles. The summed E-state index contributed by atoms with van der Waals surface area (Å²) in [6, 6.07) is 8.48. The molecular weight excluding hydrogens is 336 g/mol. The summed E-state index contributed by atoms with van der Waals surface area (Å²) >= 11 is 0. The summed E-state index contributed by atoms with van der Waals surface area (Å²) in [6.07, 6.45) is 0.407. The number of amides is 4. The van der Waals surface area contributed by atoms with Crippen molar-refractivity contribution in [2.45, 2.75) is 25.8 Å². The highest BCUT2D eigenvalue weighted by molar-refractivity contribution is 6.04. The minimum Gasteiger partial charge on any atom is -0.489 e. The highest BCUT2D eigenvalue weighted by Gasteiger charge is 2.29. The Labute approximate surface area is 150 Å². The van der Waals surface area contributed by atoms with E-state index in [0.717, 1.165) is 16.6 Å². The Morgan fingerprint density at radius 1 is 1.27 bits per heavy atom. The van der Waals surface area contributed by atoms with Gasteiger partial charge in [-0.1, -0.05) is 18.2 Å². The molecule has 2 heterocycles. The van der Waals surface area contributed by atoms with Crippen LogP contribution in [-0.4, -0.2) is 42.0 Å². The second-order valence-corrected chi connectivity index (χ2v) is 6.03. The molecule has 1 atom stereocenters. The number of carbonyl (C=O) groups is 3. The zero-order valence-electron chi connectivity index (χ0n) is 14.4. The first-order valence-corrected chi connectivity index (χ1v) is 8.40. The van der Waals surface area contributed by atoms with E-state index in [2.05, 4.69) is 20.9 Å². The molecule has 0 spiro atoms. The molecule has 0 radical (unpaired) electrons. The Kier molecular flexibility index (Phi) is 5.31. The molecule has 1 unspecified atom stereocenters. The number of rotatable bonds is 7. The summed E-state index contributed by atoms with van der Waals surface area (Å²) in [5, 5.41) is 8.32. The minimum atomic E-state index is -0.644. The van der Waals surface area contributed by atoms with Crippen LogP contribution in [0.1, 0.15) is 18.5 Å². The molecular formula is C18H20N4O4. The first kappa shape index (κ1) is 17.7. The third-order valence-corrected chi connectivity index (χ3v) is 4.02. The number of urea groups is 1. The van der Waals surface area contributed by atoms with Gasteiger partial charge in [-0.2, -0.15) is 0 Å². The van der Waals surface area contributed by atoms with Gasteiger partial charge in [0.1, 0.15) is 23.9 Å². The van der Waals surface area contributed by atoms with Crippen molar-refractivity contribution in [2.24, 2.45) is 0 Å². The van der Waals surface area contributed by atoms with Gasteiger partial charge in [-0.25, -0.2) is 9.78 Å². The van der Waals surface area contributed by atoms with Gasteiger partial charge in [0.2, 0.25) is 5.91 Å². The summed E-state index contributed by atoms with van der Waals surface area (Å²) in [7, 11) is 0. The molecule has 1 fully saturated rings. The number of nitrogens with one attached hydrogen (secondary N) is 3. The molecule has 2 aromatic rings. The Bertz CT molecular complexity index is 852. The number of ether oxygens (including phenoxy) is 1. The second-order valence-electron chi connectivity index (χ2n) is 6.03. The molecule has 4 amide bonds. The van der Waals surface area contributed by atoms with Crippen molar-refractivity contribution >= 4 is 28.7 Å². The monoisotopic (exact) mass is 356 g/mol. The Hall–Kier alpha value is -3.16. The normalized spacial score (nSPS) is 16.3. The number of aryl methyl sites for hydroxylation is 1. The standard InChI is InChI=1S/C18H20N4O4/c1-11-5-6-12-3-2-4-14(16(12)20-11)26-10-9-19-15(23)8-7-13-17(24)22-18(25)21-13/h2-6,13H,7-10H2,1H3,(H,19,23)(H2,21,22,24,25). The zero-order valence-corrected chi connectivity index (χ0v) is 14.4. The fraction of sp³-hybridized carbons (Fsp3) is 0.333. The van der Waals surface area contributed by atoms with Crippen LogP contribution in [0.15, 0.2) is 30.3 Å². The molecule has 0 aliphatic carbocycles. The molecule has 26 heavy (non-hydrogen) atoms. The molecule has 1 aliphatic heterocycles. The predicted octanol–water partition coefficient (Wildman–Crippen LogP) is 1.03. The van der Waals surface area contributed by atoms with E-state index in [-0.39, 0.29) is 18.7 Å². The molecule has 1 aliphatic rings. The van der Waals surface area contributed by atoms with Gasteiger partial charge in [-0.15, -0.1) is 0 Å². The number of imide groups is 1. The lowest BCUT2D eigenvalue weighted by Gasteiger charge is -2.11. The van der Waals surface area contributed by atoms with Crippen LogP contribution in [0.4, 0.5) is 4.79 Å². The van der Waals surface area contributed by atoms with Gasteiger partial charge in [0, 0.05) is 17.5 Å². The summed E-state index contributed by atoms with van der Waals surface area (Å²) in [4.78, 5) is 38.7. The Morgan fingerprint density at radius 2 is 2.12 bits per heavy atom. The van der Waals surface area contributed by atoms with Crippen molar-refractivity contribution in [3.63, 3.8) is 0 Å². The van der Waals surface area contributed by atoms with Gasteiger partial charge in [0.15, 0.2) is 0 Å². The largest absolute Gasteiger partial charge is 0.489 e. The van der Waals surface area contributed by atoms with E-state index in [4.69, 9.17) is 4.74 Å². The first-order chi connectivity index (χ1) is 12.5. The van der Waals surface area contributed by atoms with Crippen molar-refractivity contribution in [3.8, 4) is 5.75 Å². The number of hydrogen-bond acceptors (Lipinski definition) is 5. The number of pyridine rings is 1. The zero-order chi connectivity index (χ0) is 18.5. The molecule has 8 heteroatoms. The molecule has 1 aromatic heterocycles. The third-order valence-electron chi connectivity index (χ3n) is 4.02. The number of fused-ring (bicyclic) bond motifs is 1. The van der Waals surface area contributed by atoms with Crippen LogP contribution in [0, 0.1) is 6.92 Å². The number of benzene rings is 1. The van der Waals surface area contributed by atoms with E-state index >= 15 is 0 Å². The van der Waals surface area contributed by atoms with Crippen LogP contribution in [0.2, 0.25) is 0 Å². The summed E-state index contributed by atoms with van der Waals surface area (Å²) in [6.45, 7) is 2.56. The van der Waals surface area contributed by atoms with Crippen molar-refractivity contribution in [1.29, 1.82) is 0 Å². The van der Waals surface area contributed by atoms with E-state index in [0.29, 0.717) is 18.9 Å². The lowest BCUT2D eigenvalue weighted by Crippen LogP contribution is -2.33. The highest BCUT2D eigenvalue weighted by Crippen LogP contribution is 2.23. The summed E-state index contributed by atoms with van der Waals surface area (Å²) < 4.78 is 5.74. The number of carbonyl (C=O) groups excluding carboxylic acids is 3. The van der Waals surface area contributed by atoms with E-state index < -0.39 is 18.0 Å². The Balaban J connectivity index is 1.43. The third kappa shape index (κ3) is 4.27. The van der Waals surface area contributed by atoms with Crippen molar-refractivity contribution in [2.75, 3.05) is 13.2 Å². The highest BCUT2D eigenvalue weighted by atomic mass is 16.5. The van der Waals surface area contributed by atoms with Crippen LogP contribution in [0.3, 0.4) is 0 Å². The van der Waals surface area contributed by atoms with Crippen LogP contribution < -0.4 is 20.7 Å². The van der Waals surface area contributed by atoms with Gasteiger partial charge >= 0.3 is 6.03 Å². The topological polar surface area (TPSA) is 109 Å². The summed E-state index contributed by atoms with van der Waals surface area (Å²) in [5.74, 6) is 0.0742. The molecule has 0 saturated carbocycles. The van der Waals surface area contributed by atoms with Crippen LogP contribution in [0.25, 0.3) is 10.9 Å². The van der Waals surface area contributed by atoms with E-state index in [1.54, 1.807) is 0 Å². The smallest absolute Gasteiger partial charge is 0.322 e. The number of hydrogen-bond donors (Lipinski definition) is 3. The van der Waals surface area contributed by atoms with Crippen molar-refractivity contribution < 1.29 is 19.1 Å². The predicted molar refractivity (Wildman–Crippen MR) is 94.7 cm³/mol. The average Bonchev–Trinajstić information content (AvgIpc) is 2.94. The van der Waals surface area contributed by atoms with Gasteiger partial charge in [-0.3, -0.25) is 14.9 Å². The van der Waals surface area contributed by atoms with Gasteiger partial charge < -0.3 is 15.4 Å². The quantitative estimate of drug-likeness (QED) is 0.507. The van der Waals surface area contributed by atoms with Crippen LogP contribution in [-0.2, 0) is 9.59 Å². The van der Waals surface area contributed by atoms with Crippen molar-refractivity contribution in [3.05, 3.63) is 36.0 Å². The van der Waals surface area contributed by atoms with Crippen molar-refractivity contribution in [1.82, 2.24) is 20.9 Å². The second kappa shape index (κ2) is 7.81. The number of nitrogens with zero attached hydrogens (tertiary/aromatic N) is 1. The minimum absolute atomic E-state index is 0.146. The molecule has 0 bridgehead atoms. The average molecular weight is 356 g/mol. The van der Waals surface area contributed by atoms with Gasteiger partial charge in [0.05, 0.1) is 6.54 Å².